The summed E-state index contributed by atoms with van der Waals surface area (Å²) in [5, 5.41) is 20.0. The molecule has 0 bridgehead atoms. The Labute approximate surface area is 118 Å². The van der Waals surface area contributed by atoms with Crippen LogP contribution in [-0.4, -0.2) is 39.9 Å². The predicted molar refractivity (Wildman–Crippen MR) is 75.4 cm³/mol. The summed E-state index contributed by atoms with van der Waals surface area (Å²) in [4.78, 5) is 0. The second kappa shape index (κ2) is 8.29. The summed E-state index contributed by atoms with van der Waals surface area (Å²) < 4.78 is 7.23. The maximum Gasteiger partial charge on any atom is 0.119 e. The van der Waals surface area contributed by atoms with Crippen LogP contribution in [0.5, 0.6) is 5.75 Å². The third kappa shape index (κ3) is 4.99. The van der Waals surface area contributed by atoms with E-state index >= 15 is 0 Å². The molecular formula is C14H20N4O2. The summed E-state index contributed by atoms with van der Waals surface area (Å²) in [6.45, 7) is 2.79. The van der Waals surface area contributed by atoms with Gasteiger partial charge in [0, 0.05) is 12.7 Å². The first kappa shape index (κ1) is 14.5. The standard InChI is InChI=1S/C14H20N4O2/c19-9-8-18-12-13(16-17-18)11-15-7-4-10-20-14-5-2-1-3-6-14/h1-3,5-6,12,15,19H,4,7-11H2. The normalized spacial score (nSPS) is 10.7. The molecule has 1 aromatic carbocycles. The number of benzene rings is 1. The van der Waals surface area contributed by atoms with E-state index in [-0.39, 0.29) is 6.61 Å². The Bertz CT molecular complexity index is 487. The Hall–Kier alpha value is -1.92. The van der Waals surface area contributed by atoms with Gasteiger partial charge in [-0.05, 0) is 25.1 Å². The maximum atomic E-state index is 8.78. The molecule has 0 fully saturated rings. The van der Waals surface area contributed by atoms with Crippen LogP contribution in [0, 0.1) is 0 Å². The zero-order valence-corrected chi connectivity index (χ0v) is 11.4. The highest BCUT2D eigenvalue weighted by atomic mass is 16.5. The van der Waals surface area contributed by atoms with E-state index in [0.29, 0.717) is 19.7 Å². The van der Waals surface area contributed by atoms with Crippen LogP contribution < -0.4 is 10.1 Å². The third-order valence-electron chi connectivity index (χ3n) is 2.73. The van der Waals surface area contributed by atoms with E-state index in [0.717, 1.165) is 24.4 Å². The van der Waals surface area contributed by atoms with Crippen LogP contribution in [0.2, 0.25) is 0 Å². The molecular weight excluding hydrogens is 256 g/mol. The fourth-order valence-electron chi connectivity index (χ4n) is 1.75. The zero-order chi connectivity index (χ0) is 14.0. The van der Waals surface area contributed by atoms with Crippen LogP contribution in [0.1, 0.15) is 12.1 Å². The molecule has 20 heavy (non-hydrogen) atoms. The molecule has 0 radical (unpaired) electrons. The predicted octanol–water partition coefficient (Wildman–Crippen LogP) is 0.829. The van der Waals surface area contributed by atoms with Crippen LogP contribution in [0.3, 0.4) is 0 Å². The lowest BCUT2D eigenvalue weighted by Crippen LogP contribution is -2.17. The van der Waals surface area contributed by atoms with Gasteiger partial charge in [-0.15, -0.1) is 5.10 Å². The van der Waals surface area contributed by atoms with Gasteiger partial charge < -0.3 is 15.2 Å². The van der Waals surface area contributed by atoms with E-state index in [2.05, 4.69) is 15.6 Å². The van der Waals surface area contributed by atoms with Crippen molar-refractivity contribution in [2.45, 2.75) is 19.5 Å². The number of hydrogen-bond acceptors (Lipinski definition) is 5. The number of aliphatic hydroxyl groups excluding tert-OH is 1. The van der Waals surface area contributed by atoms with Crippen LogP contribution in [-0.2, 0) is 13.1 Å². The van der Waals surface area contributed by atoms with Crippen molar-refractivity contribution in [2.75, 3.05) is 19.8 Å². The van der Waals surface area contributed by atoms with Crippen LogP contribution in [0.25, 0.3) is 0 Å². The highest BCUT2D eigenvalue weighted by Gasteiger charge is 1.99. The van der Waals surface area contributed by atoms with Crippen molar-refractivity contribution in [3.8, 4) is 5.75 Å². The van der Waals surface area contributed by atoms with Gasteiger partial charge in [0.1, 0.15) is 5.75 Å². The molecule has 108 valence electrons. The van der Waals surface area contributed by atoms with Gasteiger partial charge in [-0.3, -0.25) is 0 Å². The molecule has 0 atom stereocenters. The molecule has 6 nitrogen and oxygen atoms in total. The fourth-order valence-corrected chi connectivity index (χ4v) is 1.75. The minimum Gasteiger partial charge on any atom is -0.494 e. The van der Waals surface area contributed by atoms with Gasteiger partial charge in [-0.1, -0.05) is 23.4 Å². The van der Waals surface area contributed by atoms with Gasteiger partial charge in [-0.2, -0.15) is 0 Å². The third-order valence-corrected chi connectivity index (χ3v) is 2.73. The number of nitrogens with one attached hydrogen (secondary N) is 1. The van der Waals surface area contributed by atoms with Gasteiger partial charge in [0.05, 0.1) is 25.5 Å². The number of rotatable bonds is 9. The molecule has 1 heterocycles. The topological polar surface area (TPSA) is 72.2 Å². The van der Waals surface area contributed by atoms with Crippen LogP contribution in [0.4, 0.5) is 0 Å². The van der Waals surface area contributed by atoms with Crippen LogP contribution in [0.15, 0.2) is 36.5 Å². The first-order chi connectivity index (χ1) is 9.88. The number of hydrogen-bond donors (Lipinski definition) is 2. The van der Waals surface area contributed by atoms with Gasteiger partial charge in [-0.25, -0.2) is 4.68 Å². The highest BCUT2D eigenvalue weighted by Crippen LogP contribution is 2.08. The molecule has 1 aromatic heterocycles. The van der Waals surface area contributed by atoms with Crippen molar-refractivity contribution in [3.63, 3.8) is 0 Å². The molecule has 0 aliphatic rings. The number of nitrogens with zero attached hydrogens (tertiary/aromatic N) is 3. The lowest BCUT2D eigenvalue weighted by Gasteiger charge is -2.06. The molecule has 2 aromatic rings. The monoisotopic (exact) mass is 276 g/mol. The van der Waals surface area contributed by atoms with Crippen molar-refractivity contribution < 1.29 is 9.84 Å². The summed E-state index contributed by atoms with van der Waals surface area (Å²) >= 11 is 0. The Morgan fingerprint density at radius 2 is 2.10 bits per heavy atom. The van der Waals surface area contributed by atoms with E-state index in [1.54, 1.807) is 4.68 Å². The quantitative estimate of drug-likeness (QED) is 0.664. The summed E-state index contributed by atoms with van der Waals surface area (Å²) in [6, 6.07) is 9.80. The van der Waals surface area contributed by atoms with Crippen molar-refractivity contribution in [1.29, 1.82) is 0 Å². The lowest BCUT2D eigenvalue weighted by molar-refractivity contribution is 0.268. The molecule has 6 heteroatoms. The average Bonchev–Trinajstić information content (AvgIpc) is 2.92. The molecule has 0 saturated heterocycles. The van der Waals surface area contributed by atoms with Gasteiger partial charge in [0.2, 0.25) is 0 Å². The number of para-hydroxylation sites is 1. The summed E-state index contributed by atoms with van der Waals surface area (Å²) in [5.74, 6) is 0.902. The number of aromatic nitrogens is 3. The highest BCUT2D eigenvalue weighted by molar-refractivity contribution is 5.20. The second-order valence-electron chi connectivity index (χ2n) is 4.39. The Morgan fingerprint density at radius 3 is 2.90 bits per heavy atom. The molecule has 2 N–H and O–H groups in total. The van der Waals surface area contributed by atoms with Gasteiger partial charge in [0.15, 0.2) is 0 Å². The summed E-state index contributed by atoms with van der Waals surface area (Å²) in [5.41, 5.74) is 0.877. The van der Waals surface area contributed by atoms with E-state index in [1.807, 2.05) is 36.5 Å². The number of aliphatic hydroxyl groups is 1. The smallest absolute Gasteiger partial charge is 0.119 e. The van der Waals surface area contributed by atoms with Crippen molar-refractivity contribution >= 4 is 0 Å². The second-order valence-corrected chi connectivity index (χ2v) is 4.39. The van der Waals surface area contributed by atoms with Gasteiger partial charge >= 0.3 is 0 Å². The fraction of sp³-hybridized carbons (Fsp3) is 0.429. The van der Waals surface area contributed by atoms with Crippen molar-refractivity contribution in [3.05, 3.63) is 42.2 Å². The SMILES string of the molecule is OCCn1cc(CNCCCOc2ccccc2)nn1. The zero-order valence-electron chi connectivity index (χ0n) is 11.4. The molecule has 0 unspecified atom stereocenters. The number of ether oxygens (including phenoxy) is 1. The average molecular weight is 276 g/mol. The summed E-state index contributed by atoms with van der Waals surface area (Å²) in [6.07, 6.45) is 2.77. The van der Waals surface area contributed by atoms with Crippen LogP contribution >= 0.6 is 0 Å². The van der Waals surface area contributed by atoms with E-state index in [4.69, 9.17) is 9.84 Å². The van der Waals surface area contributed by atoms with Crippen molar-refractivity contribution in [1.82, 2.24) is 20.3 Å². The van der Waals surface area contributed by atoms with Crippen molar-refractivity contribution in [2.24, 2.45) is 0 Å². The first-order valence-electron chi connectivity index (χ1n) is 6.77. The molecule has 0 aliphatic carbocycles. The molecule has 0 amide bonds. The van der Waals surface area contributed by atoms with E-state index in [9.17, 15) is 0 Å². The van der Waals surface area contributed by atoms with E-state index in [1.165, 1.54) is 0 Å². The molecule has 2 rings (SSSR count). The molecule has 0 spiro atoms. The summed E-state index contributed by atoms with van der Waals surface area (Å²) in [7, 11) is 0. The first-order valence-corrected chi connectivity index (χ1v) is 6.77. The van der Waals surface area contributed by atoms with Gasteiger partial charge in [0.25, 0.3) is 0 Å². The molecule has 0 saturated carbocycles. The lowest BCUT2D eigenvalue weighted by atomic mass is 10.3. The Balaban J connectivity index is 1.55. The van der Waals surface area contributed by atoms with E-state index < -0.39 is 0 Å². The Morgan fingerprint density at radius 1 is 1.25 bits per heavy atom. The minimum atomic E-state index is 0.0764. The largest absolute Gasteiger partial charge is 0.494 e. The molecule has 0 aliphatic heterocycles. The Kier molecular flexibility index (Phi) is 6.01. The minimum absolute atomic E-state index is 0.0764. The maximum absolute atomic E-state index is 8.78.